The van der Waals surface area contributed by atoms with Gasteiger partial charge in [-0.05, 0) is 63.6 Å². The number of amides is 1. The minimum atomic E-state index is -0.573. The lowest BCUT2D eigenvalue weighted by molar-refractivity contribution is -0.124. The van der Waals surface area contributed by atoms with E-state index in [1.165, 1.54) is 12.8 Å². The first-order valence-corrected chi connectivity index (χ1v) is 8.46. The molecule has 1 heterocycles. The molecular weight excluding hydrogens is 262 g/mol. The average molecular weight is 297 g/mol. The van der Waals surface area contributed by atoms with Crippen LogP contribution in [0.15, 0.2) is 0 Å². The molecule has 3 N–H and O–H groups in total. The summed E-state index contributed by atoms with van der Waals surface area (Å²) in [6, 6.07) is 0. The predicted octanol–water partition coefficient (Wildman–Crippen LogP) is 2.38. The maximum Gasteiger partial charge on any atom is 0.237 e. The van der Waals surface area contributed by atoms with Crippen LogP contribution in [-0.2, 0) is 4.79 Å². The molecule has 1 aliphatic rings. The largest absolute Gasteiger partial charge is 0.368 e. The molecule has 0 saturated carbocycles. The lowest BCUT2D eigenvalue weighted by atomic mass is 9.75. The first kappa shape index (κ1) is 18.4. The quantitative estimate of drug-likeness (QED) is 0.758. The summed E-state index contributed by atoms with van der Waals surface area (Å²) < 4.78 is 0. The lowest BCUT2D eigenvalue weighted by Gasteiger charge is -2.40. The van der Waals surface area contributed by atoms with Gasteiger partial charge < -0.3 is 16.0 Å². The third-order valence-electron chi connectivity index (χ3n) is 5.05. The van der Waals surface area contributed by atoms with Crippen LogP contribution in [0.2, 0.25) is 0 Å². The minimum Gasteiger partial charge on any atom is -0.368 e. The molecule has 1 atom stereocenters. The van der Waals surface area contributed by atoms with E-state index in [2.05, 4.69) is 37.9 Å². The number of nitrogens with two attached hydrogens (primary N) is 1. The molecule has 0 aliphatic carbocycles. The smallest absolute Gasteiger partial charge is 0.237 e. The standard InChI is InChI=1S/C17H35N3O/c1-6-10-19-17(5,15(18)21)9-13-20-11-7-14(8-12-20)16(2,3)4/h14,19H,6-13H2,1-5H3,(H2,18,21). The second-order valence-electron chi connectivity index (χ2n) is 7.86. The van der Waals surface area contributed by atoms with Gasteiger partial charge in [-0.25, -0.2) is 0 Å². The SMILES string of the molecule is CCCNC(C)(CCN1CCC(C(C)(C)C)CC1)C(N)=O. The van der Waals surface area contributed by atoms with Crippen LogP contribution in [-0.4, -0.2) is 42.5 Å². The van der Waals surface area contributed by atoms with E-state index < -0.39 is 5.54 Å². The molecule has 124 valence electrons. The van der Waals surface area contributed by atoms with E-state index in [0.29, 0.717) is 5.41 Å². The molecule has 21 heavy (non-hydrogen) atoms. The summed E-state index contributed by atoms with van der Waals surface area (Å²) in [6.07, 6.45) is 4.33. The molecule has 1 fully saturated rings. The van der Waals surface area contributed by atoms with Crippen molar-refractivity contribution < 1.29 is 4.79 Å². The molecule has 1 aliphatic heterocycles. The van der Waals surface area contributed by atoms with E-state index in [-0.39, 0.29) is 5.91 Å². The van der Waals surface area contributed by atoms with Gasteiger partial charge >= 0.3 is 0 Å². The van der Waals surface area contributed by atoms with E-state index in [1.807, 2.05) is 6.92 Å². The summed E-state index contributed by atoms with van der Waals surface area (Å²) in [4.78, 5) is 14.2. The molecule has 0 bridgehead atoms. The Kier molecular flexibility index (Phi) is 6.67. The van der Waals surface area contributed by atoms with Crippen LogP contribution in [0.4, 0.5) is 0 Å². The average Bonchev–Trinajstić information content (AvgIpc) is 2.42. The number of primary amides is 1. The van der Waals surface area contributed by atoms with Crippen LogP contribution >= 0.6 is 0 Å². The zero-order valence-electron chi connectivity index (χ0n) is 14.7. The third-order valence-corrected chi connectivity index (χ3v) is 5.05. The monoisotopic (exact) mass is 297 g/mol. The Balaban J connectivity index is 2.43. The number of piperidine rings is 1. The number of hydrogen-bond donors (Lipinski definition) is 2. The van der Waals surface area contributed by atoms with Crippen LogP contribution in [0.3, 0.4) is 0 Å². The van der Waals surface area contributed by atoms with Crippen molar-refractivity contribution >= 4 is 5.91 Å². The van der Waals surface area contributed by atoms with Crippen molar-refractivity contribution in [2.24, 2.45) is 17.1 Å². The van der Waals surface area contributed by atoms with E-state index in [4.69, 9.17) is 5.73 Å². The summed E-state index contributed by atoms with van der Waals surface area (Å²) in [5.41, 5.74) is 5.43. The summed E-state index contributed by atoms with van der Waals surface area (Å²) >= 11 is 0. The van der Waals surface area contributed by atoms with E-state index in [0.717, 1.165) is 44.9 Å². The van der Waals surface area contributed by atoms with Gasteiger partial charge in [0.2, 0.25) is 5.91 Å². The Bertz CT molecular complexity index is 329. The lowest BCUT2D eigenvalue weighted by Crippen LogP contribution is -2.55. The molecule has 0 spiro atoms. The highest BCUT2D eigenvalue weighted by atomic mass is 16.1. The van der Waals surface area contributed by atoms with Crippen LogP contribution in [0.25, 0.3) is 0 Å². The number of rotatable bonds is 7. The van der Waals surface area contributed by atoms with Crippen LogP contribution in [0, 0.1) is 11.3 Å². The van der Waals surface area contributed by atoms with Gasteiger partial charge in [0.25, 0.3) is 0 Å². The molecule has 1 rings (SSSR count). The normalized spacial score (nSPS) is 21.2. The maximum atomic E-state index is 11.7. The summed E-state index contributed by atoms with van der Waals surface area (Å²) in [6.45, 7) is 15.1. The highest BCUT2D eigenvalue weighted by molar-refractivity contribution is 5.84. The van der Waals surface area contributed by atoms with Gasteiger partial charge in [-0.2, -0.15) is 0 Å². The van der Waals surface area contributed by atoms with Crippen molar-refractivity contribution in [3.8, 4) is 0 Å². The highest BCUT2D eigenvalue weighted by Crippen LogP contribution is 2.34. The van der Waals surface area contributed by atoms with Crippen molar-refractivity contribution in [1.29, 1.82) is 0 Å². The molecule has 1 unspecified atom stereocenters. The second kappa shape index (κ2) is 7.59. The number of hydrogen-bond acceptors (Lipinski definition) is 3. The number of likely N-dealkylation sites (tertiary alicyclic amines) is 1. The van der Waals surface area contributed by atoms with Gasteiger partial charge in [0.1, 0.15) is 0 Å². The van der Waals surface area contributed by atoms with Crippen molar-refractivity contribution in [2.75, 3.05) is 26.2 Å². The first-order valence-electron chi connectivity index (χ1n) is 8.46. The van der Waals surface area contributed by atoms with Gasteiger partial charge in [0.05, 0.1) is 5.54 Å². The van der Waals surface area contributed by atoms with Gasteiger partial charge in [0, 0.05) is 6.54 Å². The van der Waals surface area contributed by atoms with Crippen molar-refractivity contribution in [2.45, 2.75) is 65.8 Å². The van der Waals surface area contributed by atoms with Crippen molar-refractivity contribution in [1.82, 2.24) is 10.2 Å². The zero-order chi connectivity index (χ0) is 16.1. The molecule has 4 heteroatoms. The Morgan fingerprint density at radius 2 is 1.81 bits per heavy atom. The predicted molar refractivity (Wildman–Crippen MR) is 89.1 cm³/mol. The zero-order valence-corrected chi connectivity index (χ0v) is 14.7. The van der Waals surface area contributed by atoms with Gasteiger partial charge in [-0.15, -0.1) is 0 Å². The fourth-order valence-corrected chi connectivity index (χ4v) is 3.10. The van der Waals surface area contributed by atoms with Gasteiger partial charge in [-0.3, -0.25) is 4.79 Å². The third kappa shape index (κ3) is 5.59. The Morgan fingerprint density at radius 3 is 2.24 bits per heavy atom. The molecule has 1 amide bonds. The summed E-state index contributed by atoms with van der Waals surface area (Å²) in [5.74, 6) is 0.579. The second-order valence-corrected chi connectivity index (χ2v) is 7.86. The topological polar surface area (TPSA) is 58.4 Å². The first-order chi connectivity index (χ1) is 9.69. The van der Waals surface area contributed by atoms with Gasteiger partial charge in [-0.1, -0.05) is 27.7 Å². The van der Waals surface area contributed by atoms with Crippen molar-refractivity contribution in [3.05, 3.63) is 0 Å². The minimum absolute atomic E-state index is 0.236. The Morgan fingerprint density at radius 1 is 1.24 bits per heavy atom. The van der Waals surface area contributed by atoms with E-state index in [9.17, 15) is 4.79 Å². The van der Waals surface area contributed by atoms with Crippen LogP contribution in [0.1, 0.15) is 60.3 Å². The highest BCUT2D eigenvalue weighted by Gasteiger charge is 2.32. The number of nitrogens with zero attached hydrogens (tertiary/aromatic N) is 1. The molecule has 1 saturated heterocycles. The maximum absolute atomic E-state index is 11.7. The molecule has 0 aromatic heterocycles. The summed E-state index contributed by atoms with van der Waals surface area (Å²) in [7, 11) is 0. The van der Waals surface area contributed by atoms with E-state index in [1.54, 1.807) is 0 Å². The number of nitrogens with one attached hydrogen (secondary N) is 1. The molecular formula is C17H35N3O. The molecule has 0 radical (unpaired) electrons. The molecule has 4 nitrogen and oxygen atoms in total. The summed E-state index contributed by atoms with van der Waals surface area (Å²) in [5, 5.41) is 3.32. The van der Waals surface area contributed by atoms with E-state index >= 15 is 0 Å². The molecule has 0 aromatic rings. The van der Waals surface area contributed by atoms with Crippen LogP contribution < -0.4 is 11.1 Å². The van der Waals surface area contributed by atoms with Gasteiger partial charge in [0.15, 0.2) is 0 Å². The number of carbonyl (C=O) groups excluding carboxylic acids is 1. The molecule has 0 aromatic carbocycles. The fraction of sp³-hybridized carbons (Fsp3) is 0.941. The number of carbonyl (C=O) groups is 1. The Hall–Kier alpha value is -0.610. The fourth-order valence-electron chi connectivity index (χ4n) is 3.10. The van der Waals surface area contributed by atoms with Crippen molar-refractivity contribution in [3.63, 3.8) is 0 Å². The van der Waals surface area contributed by atoms with Crippen LogP contribution in [0.5, 0.6) is 0 Å². The Labute approximate surface area is 130 Å².